The molecule has 0 aromatic carbocycles. The van der Waals surface area contributed by atoms with Crippen LogP contribution in [0.4, 0.5) is 0 Å². The molecule has 0 aliphatic heterocycles. The van der Waals surface area contributed by atoms with Gasteiger partial charge in [0.2, 0.25) is 5.88 Å². The zero-order chi connectivity index (χ0) is 10.1. The maximum atomic E-state index is 11.3. The summed E-state index contributed by atoms with van der Waals surface area (Å²) in [4.78, 5) is 24.1. The molecule has 0 fully saturated rings. The van der Waals surface area contributed by atoms with Crippen molar-refractivity contribution in [3.8, 4) is 5.88 Å². The van der Waals surface area contributed by atoms with Gasteiger partial charge in [-0.3, -0.25) is 9.78 Å². The molecule has 6 nitrogen and oxygen atoms in total. The van der Waals surface area contributed by atoms with E-state index in [1.54, 1.807) is 13.0 Å². The van der Waals surface area contributed by atoms with Gasteiger partial charge in [-0.15, -0.1) is 0 Å². The number of hydrogen-bond donors (Lipinski definition) is 1. The smallest absolute Gasteiger partial charge is 0.335 e. The van der Waals surface area contributed by atoms with Gasteiger partial charge in [-0.2, -0.15) is 0 Å². The summed E-state index contributed by atoms with van der Waals surface area (Å²) in [5.74, 6) is 0.281. The molecule has 2 heterocycles. The second kappa shape index (κ2) is 2.99. The predicted octanol–water partition coefficient (Wildman–Crippen LogP) is -0.178. The first-order chi connectivity index (χ1) is 6.66. The van der Waals surface area contributed by atoms with E-state index in [-0.39, 0.29) is 5.88 Å². The summed E-state index contributed by atoms with van der Waals surface area (Å²) in [5, 5.41) is 3.63. The van der Waals surface area contributed by atoms with Gasteiger partial charge in [0.1, 0.15) is 0 Å². The number of hydrogen-bond acceptors (Lipinski definition) is 4. The van der Waals surface area contributed by atoms with E-state index in [9.17, 15) is 9.59 Å². The van der Waals surface area contributed by atoms with E-state index >= 15 is 0 Å². The number of aryl methyl sites for hydroxylation is 1. The van der Waals surface area contributed by atoms with Crippen LogP contribution in [0.5, 0.6) is 0 Å². The first kappa shape index (κ1) is 8.49. The molecule has 14 heavy (non-hydrogen) atoms. The van der Waals surface area contributed by atoms with Crippen LogP contribution in [0, 0.1) is 6.92 Å². The molecule has 0 amide bonds. The Morgan fingerprint density at radius 1 is 1.50 bits per heavy atom. The third kappa shape index (κ3) is 1.37. The van der Waals surface area contributed by atoms with E-state index in [1.165, 1.54) is 16.8 Å². The highest BCUT2D eigenvalue weighted by atomic mass is 16.5. The Morgan fingerprint density at radius 3 is 2.86 bits per heavy atom. The summed E-state index contributed by atoms with van der Waals surface area (Å²) in [6.07, 6.45) is 1.33. The van der Waals surface area contributed by atoms with Crippen LogP contribution in [0.1, 0.15) is 5.69 Å². The second-order valence-electron chi connectivity index (χ2n) is 2.79. The van der Waals surface area contributed by atoms with Crippen molar-refractivity contribution in [2.75, 3.05) is 0 Å². The summed E-state index contributed by atoms with van der Waals surface area (Å²) < 4.78 is 6.03. The van der Waals surface area contributed by atoms with E-state index < -0.39 is 11.2 Å². The lowest BCUT2D eigenvalue weighted by molar-refractivity contribution is 0.398. The van der Waals surface area contributed by atoms with E-state index in [4.69, 9.17) is 4.52 Å². The largest absolute Gasteiger partial charge is 0.338 e. The van der Waals surface area contributed by atoms with Gasteiger partial charge in [0.25, 0.3) is 5.56 Å². The molecule has 0 spiro atoms. The van der Waals surface area contributed by atoms with Crippen LogP contribution < -0.4 is 11.2 Å². The molecule has 0 unspecified atom stereocenters. The molecule has 1 N–H and O–H groups in total. The van der Waals surface area contributed by atoms with Crippen molar-refractivity contribution in [3.63, 3.8) is 0 Å². The molecule has 0 atom stereocenters. The van der Waals surface area contributed by atoms with E-state index in [0.717, 1.165) is 0 Å². The maximum Gasteiger partial charge on any atom is 0.335 e. The molecule has 0 saturated carbocycles. The number of aromatic nitrogens is 3. The molecule has 0 bridgehead atoms. The van der Waals surface area contributed by atoms with Crippen LogP contribution in [0.2, 0.25) is 0 Å². The lowest BCUT2D eigenvalue weighted by Gasteiger charge is -1.95. The quantitative estimate of drug-likeness (QED) is 0.681. The van der Waals surface area contributed by atoms with Crippen LogP contribution >= 0.6 is 0 Å². The van der Waals surface area contributed by atoms with Crippen molar-refractivity contribution < 1.29 is 4.52 Å². The van der Waals surface area contributed by atoms with Gasteiger partial charge in [-0.25, -0.2) is 9.36 Å². The minimum Gasteiger partial charge on any atom is -0.338 e. The first-order valence-electron chi connectivity index (χ1n) is 3.92. The molecule has 2 aromatic heterocycles. The maximum absolute atomic E-state index is 11.3. The average Bonchev–Trinajstić information content (AvgIpc) is 2.51. The fraction of sp³-hybridized carbons (Fsp3) is 0.125. The molecule has 0 aliphatic rings. The van der Waals surface area contributed by atoms with E-state index in [1.807, 2.05) is 0 Å². The highest BCUT2D eigenvalue weighted by Gasteiger charge is 2.04. The van der Waals surface area contributed by atoms with Crippen molar-refractivity contribution in [2.45, 2.75) is 6.92 Å². The average molecular weight is 193 g/mol. The molecular weight excluding hydrogens is 186 g/mol. The molecule has 6 heteroatoms. The number of nitrogens with zero attached hydrogens (tertiary/aromatic N) is 2. The molecule has 0 aliphatic carbocycles. The third-order valence-electron chi connectivity index (χ3n) is 1.68. The van der Waals surface area contributed by atoms with Crippen molar-refractivity contribution in [1.29, 1.82) is 0 Å². The summed E-state index contributed by atoms with van der Waals surface area (Å²) in [7, 11) is 0. The van der Waals surface area contributed by atoms with Crippen molar-refractivity contribution >= 4 is 0 Å². The van der Waals surface area contributed by atoms with Gasteiger partial charge in [-0.1, -0.05) is 5.16 Å². The standard InChI is InChI=1S/C8H7N3O3/c1-5-4-7(14-10-5)11-3-2-6(12)9-8(11)13/h2-4H,1H3,(H,9,12,13). The van der Waals surface area contributed by atoms with E-state index in [2.05, 4.69) is 10.1 Å². The SMILES string of the molecule is Cc1cc(-n2ccc(=O)[nH]c2=O)on1. The van der Waals surface area contributed by atoms with Crippen molar-refractivity contribution in [1.82, 2.24) is 14.7 Å². The van der Waals surface area contributed by atoms with Gasteiger partial charge in [-0.05, 0) is 6.92 Å². The minimum absolute atomic E-state index is 0.281. The number of rotatable bonds is 1. The van der Waals surface area contributed by atoms with Crippen LogP contribution in [0.25, 0.3) is 5.88 Å². The highest BCUT2D eigenvalue weighted by molar-refractivity contribution is 5.19. The van der Waals surface area contributed by atoms with Crippen molar-refractivity contribution in [3.05, 3.63) is 44.9 Å². The van der Waals surface area contributed by atoms with Crippen LogP contribution in [-0.2, 0) is 0 Å². The monoisotopic (exact) mass is 193 g/mol. The molecule has 2 rings (SSSR count). The molecule has 0 radical (unpaired) electrons. The lowest BCUT2D eigenvalue weighted by atomic mass is 10.5. The number of nitrogens with one attached hydrogen (secondary N) is 1. The summed E-state index contributed by atoms with van der Waals surface area (Å²) in [5.41, 5.74) is -0.325. The first-order valence-corrected chi connectivity index (χ1v) is 3.92. The summed E-state index contributed by atoms with van der Waals surface area (Å²) in [6, 6.07) is 2.83. The Kier molecular flexibility index (Phi) is 1.81. The van der Waals surface area contributed by atoms with Gasteiger partial charge < -0.3 is 4.52 Å². The predicted molar refractivity (Wildman–Crippen MR) is 47.5 cm³/mol. The topological polar surface area (TPSA) is 80.9 Å². The van der Waals surface area contributed by atoms with Gasteiger partial charge in [0.05, 0.1) is 5.69 Å². The normalized spacial score (nSPS) is 10.4. The Bertz CT molecular complexity index is 563. The number of H-pyrrole nitrogens is 1. The Balaban J connectivity index is 2.63. The minimum atomic E-state index is -0.548. The van der Waals surface area contributed by atoms with Crippen molar-refractivity contribution in [2.24, 2.45) is 0 Å². The summed E-state index contributed by atoms with van der Waals surface area (Å²) in [6.45, 7) is 1.74. The Hall–Kier alpha value is -2.11. The molecule has 2 aromatic rings. The van der Waals surface area contributed by atoms with E-state index in [0.29, 0.717) is 5.69 Å². The van der Waals surface area contributed by atoms with Gasteiger partial charge >= 0.3 is 5.69 Å². The molecule has 72 valence electrons. The molecular formula is C8H7N3O3. The highest BCUT2D eigenvalue weighted by Crippen LogP contribution is 2.04. The Morgan fingerprint density at radius 2 is 2.29 bits per heavy atom. The second-order valence-corrected chi connectivity index (χ2v) is 2.79. The van der Waals surface area contributed by atoms with Gasteiger partial charge in [0, 0.05) is 18.3 Å². The third-order valence-corrected chi connectivity index (χ3v) is 1.68. The summed E-state index contributed by atoms with van der Waals surface area (Å²) >= 11 is 0. The fourth-order valence-corrected chi connectivity index (χ4v) is 1.05. The van der Waals surface area contributed by atoms with Crippen LogP contribution in [-0.4, -0.2) is 14.7 Å². The zero-order valence-corrected chi connectivity index (χ0v) is 7.35. The van der Waals surface area contributed by atoms with Crippen LogP contribution in [0.3, 0.4) is 0 Å². The Labute approximate surface area is 77.8 Å². The van der Waals surface area contributed by atoms with Crippen LogP contribution in [0.15, 0.2) is 32.4 Å². The molecule has 0 saturated heterocycles. The number of aromatic amines is 1. The van der Waals surface area contributed by atoms with Gasteiger partial charge in [0.15, 0.2) is 0 Å². The lowest BCUT2D eigenvalue weighted by Crippen LogP contribution is -2.27. The zero-order valence-electron chi connectivity index (χ0n) is 7.35. The fourth-order valence-electron chi connectivity index (χ4n) is 1.05.